The molecule has 0 saturated heterocycles. The van der Waals surface area contributed by atoms with E-state index in [1.54, 1.807) is 43.3 Å². The van der Waals surface area contributed by atoms with Crippen molar-refractivity contribution in [3.8, 4) is 0 Å². The largest absolute Gasteiger partial charge is 0.461 e. The Kier molecular flexibility index (Phi) is 2.49. The summed E-state index contributed by atoms with van der Waals surface area (Å²) in [4.78, 5) is 24.8. The zero-order chi connectivity index (χ0) is 13.6. The molecule has 0 N–H and O–H groups in total. The lowest BCUT2D eigenvalue weighted by molar-refractivity contribution is 0.0990. The van der Waals surface area contributed by atoms with Gasteiger partial charge in [0, 0.05) is 16.7 Å². The van der Waals surface area contributed by atoms with Gasteiger partial charge in [0.25, 0.3) is 0 Å². The normalized spacial score (nSPS) is 14.8. The van der Waals surface area contributed by atoms with Crippen LogP contribution in [-0.2, 0) is 0 Å². The average molecular weight is 252 g/mol. The van der Waals surface area contributed by atoms with Gasteiger partial charge in [0.15, 0.2) is 11.6 Å². The van der Waals surface area contributed by atoms with Crippen molar-refractivity contribution in [1.29, 1.82) is 0 Å². The predicted molar refractivity (Wildman–Crippen MR) is 71.1 cm³/mol. The second-order valence-corrected chi connectivity index (χ2v) is 4.61. The number of furan rings is 1. The van der Waals surface area contributed by atoms with E-state index in [-0.39, 0.29) is 11.6 Å². The second-order valence-electron chi connectivity index (χ2n) is 4.61. The summed E-state index contributed by atoms with van der Waals surface area (Å²) < 4.78 is 5.50. The number of benzene rings is 1. The molecule has 0 unspecified atom stereocenters. The molecule has 3 heteroatoms. The minimum atomic E-state index is -0.151. The summed E-state index contributed by atoms with van der Waals surface area (Å²) in [6, 6.07) is 10.4. The quantitative estimate of drug-likeness (QED) is 0.781. The van der Waals surface area contributed by atoms with Crippen LogP contribution in [-0.4, -0.2) is 11.6 Å². The molecule has 1 heterocycles. The van der Waals surface area contributed by atoms with E-state index in [4.69, 9.17) is 4.42 Å². The van der Waals surface area contributed by atoms with E-state index in [0.717, 1.165) is 5.76 Å². The van der Waals surface area contributed by atoms with E-state index >= 15 is 0 Å². The fourth-order valence-electron chi connectivity index (χ4n) is 2.37. The van der Waals surface area contributed by atoms with Gasteiger partial charge in [0.2, 0.25) is 0 Å². The topological polar surface area (TPSA) is 47.3 Å². The lowest BCUT2D eigenvalue weighted by Gasteiger charge is -2.17. The van der Waals surface area contributed by atoms with Gasteiger partial charge in [0.1, 0.15) is 11.5 Å². The zero-order valence-corrected chi connectivity index (χ0v) is 10.7. The molecule has 2 aromatic rings. The summed E-state index contributed by atoms with van der Waals surface area (Å²) in [6.45, 7) is 3.48. The lowest BCUT2D eigenvalue weighted by Crippen LogP contribution is -2.19. The van der Waals surface area contributed by atoms with Crippen LogP contribution in [0.2, 0.25) is 0 Å². The first-order valence-corrected chi connectivity index (χ1v) is 6.05. The fourth-order valence-corrected chi connectivity index (χ4v) is 2.37. The highest BCUT2D eigenvalue weighted by molar-refractivity contribution is 6.40. The van der Waals surface area contributed by atoms with E-state index in [2.05, 4.69) is 0 Å². The van der Waals surface area contributed by atoms with Crippen molar-refractivity contribution in [2.75, 3.05) is 0 Å². The van der Waals surface area contributed by atoms with Gasteiger partial charge < -0.3 is 4.42 Å². The van der Waals surface area contributed by atoms with Crippen molar-refractivity contribution in [3.05, 3.63) is 64.6 Å². The molecule has 1 aliphatic carbocycles. The van der Waals surface area contributed by atoms with Crippen LogP contribution in [0.4, 0.5) is 0 Å². The van der Waals surface area contributed by atoms with Crippen LogP contribution in [0.1, 0.15) is 39.2 Å². The molecule has 19 heavy (non-hydrogen) atoms. The Bertz CT molecular complexity index is 732. The minimum Gasteiger partial charge on any atom is -0.461 e. The van der Waals surface area contributed by atoms with E-state index in [1.807, 2.05) is 6.92 Å². The molecule has 94 valence electrons. The van der Waals surface area contributed by atoms with E-state index in [9.17, 15) is 9.59 Å². The molecule has 0 fully saturated rings. The first kappa shape index (κ1) is 11.7. The second kappa shape index (κ2) is 4.05. The minimum absolute atomic E-state index is 0.112. The van der Waals surface area contributed by atoms with Crippen LogP contribution in [0.5, 0.6) is 0 Å². The molecular weight excluding hydrogens is 240 g/mol. The van der Waals surface area contributed by atoms with E-state index < -0.39 is 0 Å². The maximum absolute atomic E-state index is 12.5. The number of carbonyl (C=O) groups excluding carboxylic acids is 2. The Morgan fingerprint density at radius 2 is 1.47 bits per heavy atom. The van der Waals surface area contributed by atoms with Crippen LogP contribution < -0.4 is 0 Å². The molecular formula is C16H12O3. The number of fused-ring (bicyclic) bond motifs is 1. The standard InChI is InChI=1S/C16H12O3/c1-9-7-8-13(19-9)14-10(2)15(17)11-5-3-4-6-12(11)16(14)18/h3-8H,1-2H3. The third-order valence-electron chi connectivity index (χ3n) is 3.35. The summed E-state index contributed by atoms with van der Waals surface area (Å²) >= 11 is 0. The molecule has 3 rings (SSSR count). The van der Waals surface area contributed by atoms with Crippen molar-refractivity contribution < 1.29 is 14.0 Å². The highest BCUT2D eigenvalue weighted by Crippen LogP contribution is 2.32. The van der Waals surface area contributed by atoms with Crippen LogP contribution in [0.25, 0.3) is 5.57 Å². The van der Waals surface area contributed by atoms with Gasteiger partial charge in [-0.15, -0.1) is 0 Å². The third kappa shape index (κ3) is 1.66. The van der Waals surface area contributed by atoms with Gasteiger partial charge in [-0.1, -0.05) is 24.3 Å². The number of carbonyl (C=O) groups is 2. The van der Waals surface area contributed by atoms with Crippen molar-refractivity contribution in [2.24, 2.45) is 0 Å². The highest BCUT2D eigenvalue weighted by Gasteiger charge is 2.31. The van der Waals surface area contributed by atoms with Crippen molar-refractivity contribution in [3.63, 3.8) is 0 Å². The smallest absolute Gasteiger partial charge is 0.197 e. The summed E-state index contributed by atoms with van der Waals surface area (Å²) in [6.07, 6.45) is 0. The summed E-state index contributed by atoms with van der Waals surface area (Å²) in [7, 11) is 0. The molecule has 0 amide bonds. The number of hydrogen-bond donors (Lipinski definition) is 0. The van der Waals surface area contributed by atoms with E-state index in [1.165, 1.54) is 0 Å². The SMILES string of the molecule is CC1=C(c2ccc(C)o2)C(=O)c2ccccc2C1=O. The maximum atomic E-state index is 12.5. The van der Waals surface area contributed by atoms with Crippen molar-refractivity contribution in [2.45, 2.75) is 13.8 Å². The van der Waals surface area contributed by atoms with Gasteiger partial charge in [-0.3, -0.25) is 9.59 Å². The lowest BCUT2D eigenvalue weighted by atomic mass is 9.84. The van der Waals surface area contributed by atoms with Gasteiger partial charge >= 0.3 is 0 Å². The molecule has 3 nitrogen and oxygen atoms in total. The number of ketones is 2. The van der Waals surface area contributed by atoms with E-state index in [0.29, 0.717) is 28.0 Å². The fraction of sp³-hybridized carbons (Fsp3) is 0.125. The number of rotatable bonds is 1. The monoisotopic (exact) mass is 252 g/mol. The molecule has 1 aromatic heterocycles. The molecule has 0 saturated carbocycles. The molecule has 0 aliphatic heterocycles. The summed E-state index contributed by atoms with van der Waals surface area (Å²) in [5, 5.41) is 0. The van der Waals surface area contributed by atoms with Crippen molar-refractivity contribution in [1.82, 2.24) is 0 Å². The zero-order valence-electron chi connectivity index (χ0n) is 10.7. The molecule has 0 spiro atoms. The summed E-state index contributed by atoms with van der Waals surface area (Å²) in [5.74, 6) is 0.915. The number of allylic oxidation sites excluding steroid dienone is 2. The Morgan fingerprint density at radius 1 is 0.842 bits per heavy atom. The van der Waals surface area contributed by atoms with Crippen molar-refractivity contribution >= 4 is 17.1 Å². The molecule has 0 radical (unpaired) electrons. The summed E-state index contributed by atoms with van der Waals surface area (Å²) in [5.41, 5.74) is 1.73. The Labute approximate surface area is 110 Å². The maximum Gasteiger partial charge on any atom is 0.197 e. The van der Waals surface area contributed by atoms with Crippen LogP contribution >= 0.6 is 0 Å². The van der Waals surface area contributed by atoms with Crippen LogP contribution in [0, 0.1) is 6.92 Å². The Balaban J connectivity index is 2.24. The van der Waals surface area contributed by atoms with Gasteiger partial charge in [-0.05, 0) is 26.0 Å². The number of Topliss-reactive ketones (excluding diaryl/α,β-unsaturated/α-hetero) is 2. The molecule has 1 aliphatic rings. The predicted octanol–water partition coefficient (Wildman–Crippen LogP) is 3.44. The number of aryl methyl sites for hydroxylation is 1. The highest BCUT2D eigenvalue weighted by atomic mass is 16.3. The van der Waals surface area contributed by atoms with Gasteiger partial charge in [0.05, 0.1) is 5.57 Å². The Hall–Kier alpha value is -2.42. The van der Waals surface area contributed by atoms with Gasteiger partial charge in [-0.25, -0.2) is 0 Å². The molecule has 0 atom stereocenters. The first-order valence-electron chi connectivity index (χ1n) is 6.05. The van der Waals surface area contributed by atoms with Crippen LogP contribution in [0.15, 0.2) is 46.4 Å². The Morgan fingerprint density at radius 3 is 2.05 bits per heavy atom. The first-order chi connectivity index (χ1) is 9.09. The third-order valence-corrected chi connectivity index (χ3v) is 3.35. The van der Waals surface area contributed by atoms with Crippen LogP contribution in [0.3, 0.4) is 0 Å². The van der Waals surface area contributed by atoms with Gasteiger partial charge in [-0.2, -0.15) is 0 Å². The number of hydrogen-bond acceptors (Lipinski definition) is 3. The molecule has 1 aromatic carbocycles. The average Bonchev–Trinajstić information content (AvgIpc) is 2.83. The molecule has 0 bridgehead atoms.